The number of hydrogen-bond donors (Lipinski definition) is 0. The average Bonchev–Trinajstić information content (AvgIpc) is 3.11. The van der Waals surface area contributed by atoms with Gasteiger partial charge in [0.1, 0.15) is 11.5 Å². The maximum atomic E-state index is 12.2. The van der Waals surface area contributed by atoms with Crippen molar-refractivity contribution in [2.24, 2.45) is 4.99 Å². The van der Waals surface area contributed by atoms with Gasteiger partial charge in [0.15, 0.2) is 17.2 Å². The van der Waals surface area contributed by atoms with E-state index in [-0.39, 0.29) is 11.6 Å². The summed E-state index contributed by atoms with van der Waals surface area (Å²) < 4.78 is 26.5. The SMILES string of the molecule is COc1cc(OC)c(OC)cc1/C=C1N=C(/C=C/c2ccccc2OC)OC\1=O. The molecule has 0 N–H and O–H groups in total. The first-order chi connectivity index (χ1) is 14.1. The van der Waals surface area contributed by atoms with Crippen LogP contribution in [0.15, 0.2) is 53.2 Å². The summed E-state index contributed by atoms with van der Waals surface area (Å²) in [4.78, 5) is 16.5. The minimum atomic E-state index is -0.554. The molecule has 29 heavy (non-hydrogen) atoms. The van der Waals surface area contributed by atoms with Gasteiger partial charge in [-0.25, -0.2) is 9.79 Å². The lowest BCUT2D eigenvalue weighted by Crippen LogP contribution is -2.01. The Morgan fingerprint density at radius 2 is 1.45 bits per heavy atom. The van der Waals surface area contributed by atoms with Crippen LogP contribution in [0.3, 0.4) is 0 Å². The molecule has 0 unspecified atom stereocenters. The van der Waals surface area contributed by atoms with Crippen LogP contribution in [-0.4, -0.2) is 40.3 Å². The molecule has 0 radical (unpaired) electrons. The Balaban J connectivity index is 1.92. The second kappa shape index (κ2) is 8.97. The Bertz CT molecular complexity index is 1010. The summed E-state index contributed by atoms with van der Waals surface area (Å²) in [6, 6.07) is 10.9. The molecule has 3 rings (SSSR count). The molecule has 7 nitrogen and oxygen atoms in total. The number of para-hydroxylation sites is 1. The summed E-state index contributed by atoms with van der Waals surface area (Å²) in [5.41, 5.74) is 1.60. The molecular formula is C22H21NO6. The Morgan fingerprint density at radius 1 is 0.793 bits per heavy atom. The van der Waals surface area contributed by atoms with Crippen molar-refractivity contribution in [3.05, 3.63) is 59.3 Å². The quantitative estimate of drug-likeness (QED) is 0.525. The normalized spacial score (nSPS) is 14.7. The van der Waals surface area contributed by atoms with Gasteiger partial charge in [0, 0.05) is 23.3 Å². The van der Waals surface area contributed by atoms with Gasteiger partial charge in [0.2, 0.25) is 5.90 Å². The van der Waals surface area contributed by atoms with Crippen molar-refractivity contribution in [1.29, 1.82) is 0 Å². The molecule has 0 saturated heterocycles. The summed E-state index contributed by atoms with van der Waals surface area (Å²) in [7, 11) is 6.19. The molecule has 1 aliphatic rings. The van der Waals surface area contributed by atoms with Gasteiger partial charge in [0.05, 0.1) is 28.4 Å². The van der Waals surface area contributed by atoms with E-state index in [1.807, 2.05) is 24.3 Å². The van der Waals surface area contributed by atoms with Crippen LogP contribution in [-0.2, 0) is 9.53 Å². The van der Waals surface area contributed by atoms with Crippen LogP contribution in [0.4, 0.5) is 0 Å². The maximum absolute atomic E-state index is 12.2. The molecule has 0 aliphatic carbocycles. The predicted molar refractivity (Wildman–Crippen MR) is 110 cm³/mol. The summed E-state index contributed by atoms with van der Waals surface area (Å²) >= 11 is 0. The average molecular weight is 395 g/mol. The molecule has 1 heterocycles. The zero-order valence-corrected chi connectivity index (χ0v) is 16.6. The number of rotatable bonds is 7. The number of carbonyl (C=O) groups excluding carboxylic acids is 1. The van der Waals surface area contributed by atoms with Crippen molar-refractivity contribution in [2.75, 3.05) is 28.4 Å². The third-order valence-corrected chi connectivity index (χ3v) is 4.21. The van der Waals surface area contributed by atoms with E-state index in [4.69, 9.17) is 23.7 Å². The fraction of sp³-hybridized carbons (Fsp3) is 0.182. The molecule has 2 aromatic carbocycles. The lowest BCUT2D eigenvalue weighted by Gasteiger charge is -2.12. The van der Waals surface area contributed by atoms with Crippen molar-refractivity contribution in [1.82, 2.24) is 0 Å². The van der Waals surface area contributed by atoms with E-state index in [0.717, 1.165) is 5.56 Å². The van der Waals surface area contributed by atoms with Gasteiger partial charge in [-0.2, -0.15) is 0 Å². The van der Waals surface area contributed by atoms with Crippen LogP contribution in [0, 0.1) is 0 Å². The zero-order chi connectivity index (χ0) is 20.8. The van der Waals surface area contributed by atoms with Crippen LogP contribution in [0.1, 0.15) is 11.1 Å². The van der Waals surface area contributed by atoms with E-state index in [0.29, 0.717) is 28.6 Å². The van der Waals surface area contributed by atoms with Gasteiger partial charge in [-0.1, -0.05) is 18.2 Å². The molecule has 0 spiro atoms. The molecule has 0 amide bonds. The van der Waals surface area contributed by atoms with Gasteiger partial charge in [-0.15, -0.1) is 0 Å². The van der Waals surface area contributed by atoms with Crippen LogP contribution < -0.4 is 18.9 Å². The minimum absolute atomic E-state index is 0.148. The number of aliphatic imine (C=N–C) groups is 1. The highest BCUT2D eigenvalue weighted by Crippen LogP contribution is 2.36. The van der Waals surface area contributed by atoms with E-state index in [9.17, 15) is 4.79 Å². The van der Waals surface area contributed by atoms with Crippen molar-refractivity contribution >= 4 is 24.0 Å². The molecule has 0 bridgehead atoms. The fourth-order valence-electron chi connectivity index (χ4n) is 2.78. The van der Waals surface area contributed by atoms with E-state index >= 15 is 0 Å². The third kappa shape index (κ3) is 4.40. The number of methoxy groups -OCH3 is 4. The Kier molecular flexibility index (Phi) is 6.19. The highest BCUT2D eigenvalue weighted by atomic mass is 16.6. The maximum Gasteiger partial charge on any atom is 0.363 e. The smallest absolute Gasteiger partial charge is 0.363 e. The molecule has 0 saturated carbocycles. The van der Waals surface area contributed by atoms with E-state index in [2.05, 4.69) is 4.99 Å². The lowest BCUT2D eigenvalue weighted by atomic mass is 10.1. The van der Waals surface area contributed by atoms with Gasteiger partial charge in [-0.05, 0) is 24.3 Å². The highest BCUT2D eigenvalue weighted by Gasteiger charge is 2.22. The second-order valence-corrected chi connectivity index (χ2v) is 5.89. The molecule has 7 heteroatoms. The van der Waals surface area contributed by atoms with Crippen LogP contribution in [0.2, 0.25) is 0 Å². The van der Waals surface area contributed by atoms with Crippen LogP contribution >= 0.6 is 0 Å². The summed E-state index contributed by atoms with van der Waals surface area (Å²) in [5.74, 6) is 1.87. The van der Waals surface area contributed by atoms with Crippen LogP contribution in [0.5, 0.6) is 23.0 Å². The number of nitrogens with zero attached hydrogens (tertiary/aromatic N) is 1. The van der Waals surface area contributed by atoms with Gasteiger partial charge < -0.3 is 23.7 Å². The molecule has 1 aliphatic heterocycles. The lowest BCUT2D eigenvalue weighted by molar-refractivity contribution is -0.129. The largest absolute Gasteiger partial charge is 0.496 e. The number of benzene rings is 2. The predicted octanol–water partition coefficient (Wildman–Crippen LogP) is 3.73. The van der Waals surface area contributed by atoms with Crippen molar-refractivity contribution < 1.29 is 28.5 Å². The van der Waals surface area contributed by atoms with Gasteiger partial charge >= 0.3 is 5.97 Å². The Labute approximate surface area is 168 Å². The zero-order valence-electron chi connectivity index (χ0n) is 16.6. The summed E-state index contributed by atoms with van der Waals surface area (Å²) in [6.07, 6.45) is 4.96. The standard InChI is InChI=1S/C22H21NO6/c1-25-17-8-6-5-7-14(17)9-10-21-23-16(22(24)29-21)11-15-12-19(27-3)20(28-4)13-18(15)26-2/h5-13H,1-4H3/b10-9+,16-11-. The monoisotopic (exact) mass is 395 g/mol. The van der Waals surface area contributed by atoms with Crippen molar-refractivity contribution in [3.8, 4) is 23.0 Å². The molecule has 0 aromatic heterocycles. The third-order valence-electron chi connectivity index (χ3n) is 4.21. The first-order valence-electron chi connectivity index (χ1n) is 8.73. The highest BCUT2D eigenvalue weighted by molar-refractivity contribution is 6.11. The number of cyclic esters (lactones) is 1. The second-order valence-electron chi connectivity index (χ2n) is 5.89. The van der Waals surface area contributed by atoms with Crippen LogP contribution in [0.25, 0.3) is 12.2 Å². The summed E-state index contributed by atoms with van der Waals surface area (Å²) in [6.45, 7) is 0. The van der Waals surface area contributed by atoms with E-state index in [1.165, 1.54) is 21.3 Å². The number of esters is 1. The number of hydrogen-bond acceptors (Lipinski definition) is 7. The Hall–Kier alpha value is -3.74. The number of carbonyl (C=O) groups is 1. The first-order valence-corrected chi connectivity index (χ1v) is 8.73. The number of ether oxygens (including phenoxy) is 5. The first kappa shape index (κ1) is 20.0. The Morgan fingerprint density at radius 3 is 2.14 bits per heavy atom. The topological polar surface area (TPSA) is 75.6 Å². The summed E-state index contributed by atoms with van der Waals surface area (Å²) in [5, 5.41) is 0. The molecular weight excluding hydrogens is 374 g/mol. The van der Waals surface area contributed by atoms with Gasteiger partial charge in [-0.3, -0.25) is 0 Å². The fourth-order valence-corrected chi connectivity index (χ4v) is 2.78. The van der Waals surface area contributed by atoms with E-state index < -0.39 is 5.97 Å². The molecule has 0 atom stereocenters. The van der Waals surface area contributed by atoms with Crippen molar-refractivity contribution in [2.45, 2.75) is 0 Å². The van der Waals surface area contributed by atoms with Crippen molar-refractivity contribution in [3.63, 3.8) is 0 Å². The molecule has 150 valence electrons. The minimum Gasteiger partial charge on any atom is -0.496 e. The van der Waals surface area contributed by atoms with Gasteiger partial charge in [0.25, 0.3) is 0 Å². The molecule has 2 aromatic rings. The molecule has 0 fully saturated rings. The van der Waals surface area contributed by atoms with E-state index in [1.54, 1.807) is 37.5 Å².